The Morgan fingerprint density at radius 3 is 3.00 bits per heavy atom. The molecule has 6 nitrogen and oxygen atoms in total. The van der Waals surface area contributed by atoms with E-state index in [4.69, 9.17) is 9.72 Å². The molecule has 0 saturated carbocycles. The first-order chi connectivity index (χ1) is 14.5. The number of hydrogen-bond acceptors (Lipinski definition) is 6. The quantitative estimate of drug-likeness (QED) is 0.468. The molecule has 1 unspecified atom stereocenters. The van der Waals surface area contributed by atoms with Crippen LogP contribution in [0.5, 0.6) is 0 Å². The maximum absolute atomic E-state index is 13.2. The number of carbonyl (C=O) groups excluding carboxylic acids is 1. The zero-order chi connectivity index (χ0) is 20.8. The maximum Gasteiger partial charge on any atom is 0.339 e. The number of para-hydroxylation sites is 1. The molecule has 3 heterocycles. The number of hydrogen-bond donors (Lipinski definition) is 0. The minimum absolute atomic E-state index is 0.0392. The normalized spacial score (nSPS) is 16.0. The minimum Gasteiger partial charge on any atom is -0.456 e. The summed E-state index contributed by atoms with van der Waals surface area (Å²) in [6, 6.07) is 9.12. The Hall–Kier alpha value is -3.06. The van der Waals surface area contributed by atoms with E-state index in [-0.39, 0.29) is 18.1 Å². The molecular formula is C23H21N3O3S. The number of ether oxygens (including phenoxy) is 1. The van der Waals surface area contributed by atoms with Crippen LogP contribution in [0.3, 0.4) is 0 Å². The van der Waals surface area contributed by atoms with Gasteiger partial charge in [-0.2, -0.15) is 0 Å². The van der Waals surface area contributed by atoms with Crippen molar-refractivity contribution in [2.45, 2.75) is 39.7 Å². The lowest BCUT2D eigenvalue weighted by Gasteiger charge is -2.24. The Labute approximate surface area is 177 Å². The molecule has 0 aliphatic heterocycles. The molecule has 4 aromatic rings. The number of thiazole rings is 1. The van der Waals surface area contributed by atoms with Crippen molar-refractivity contribution < 1.29 is 9.53 Å². The summed E-state index contributed by atoms with van der Waals surface area (Å²) in [4.78, 5) is 35.5. The number of fused-ring (bicyclic) bond motifs is 3. The van der Waals surface area contributed by atoms with Gasteiger partial charge in [-0.25, -0.2) is 9.78 Å². The van der Waals surface area contributed by atoms with Crippen LogP contribution >= 0.6 is 11.3 Å². The van der Waals surface area contributed by atoms with Crippen LogP contribution in [0.4, 0.5) is 0 Å². The molecule has 152 valence electrons. The van der Waals surface area contributed by atoms with Gasteiger partial charge in [-0.3, -0.25) is 14.2 Å². The van der Waals surface area contributed by atoms with Crippen LogP contribution in [0, 0.1) is 12.8 Å². The zero-order valence-electron chi connectivity index (χ0n) is 16.8. The van der Waals surface area contributed by atoms with E-state index in [9.17, 15) is 9.59 Å². The van der Waals surface area contributed by atoms with Crippen molar-refractivity contribution in [1.29, 1.82) is 0 Å². The smallest absolute Gasteiger partial charge is 0.339 e. The van der Waals surface area contributed by atoms with E-state index in [2.05, 4.69) is 11.9 Å². The van der Waals surface area contributed by atoms with Crippen LogP contribution in [0.1, 0.15) is 46.3 Å². The molecule has 30 heavy (non-hydrogen) atoms. The Kier molecular flexibility index (Phi) is 4.62. The maximum atomic E-state index is 13.2. The summed E-state index contributed by atoms with van der Waals surface area (Å²) in [5.41, 5.74) is 4.54. The largest absolute Gasteiger partial charge is 0.456 e. The number of aromatic nitrogens is 3. The van der Waals surface area contributed by atoms with Gasteiger partial charge < -0.3 is 4.74 Å². The summed E-state index contributed by atoms with van der Waals surface area (Å²) in [5, 5.41) is 2.70. The van der Waals surface area contributed by atoms with Gasteiger partial charge in [0.25, 0.3) is 5.56 Å². The van der Waals surface area contributed by atoms with Gasteiger partial charge in [-0.15, -0.1) is 11.3 Å². The molecule has 1 aromatic carbocycles. The second-order valence-electron chi connectivity index (χ2n) is 7.93. The van der Waals surface area contributed by atoms with Gasteiger partial charge in [0.1, 0.15) is 6.61 Å². The average Bonchev–Trinajstić information content (AvgIpc) is 3.11. The van der Waals surface area contributed by atoms with Gasteiger partial charge >= 0.3 is 5.97 Å². The molecule has 5 rings (SSSR count). The van der Waals surface area contributed by atoms with Crippen LogP contribution in [0.15, 0.2) is 40.5 Å². The molecule has 0 N–H and O–H groups in total. The molecule has 7 heteroatoms. The SMILES string of the molecule is Cc1csc2nc(COC(=O)c3c4c(nc5ccccc35)CCC(C)C4)cc(=O)n12. The number of benzene rings is 1. The zero-order valence-corrected chi connectivity index (χ0v) is 17.7. The van der Waals surface area contributed by atoms with Crippen LogP contribution < -0.4 is 5.56 Å². The van der Waals surface area contributed by atoms with Crippen molar-refractivity contribution in [1.82, 2.24) is 14.4 Å². The molecule has 0 amide bonds. The third-order valence-electron chi connectivity index (χ3n) is 5.69. The average molecular weight is 420 g/mol. The summed E-state index contributed by atoms with van der Waals surface area (Å²) in [6.45, 7) is 4.02. The second kappa shape index (κ2) is 7.32. The number of nitrogens with zero attached hydrogens (tertiary/aromatic N) is 3. The van der Waals surface area contributed by atoms with E-state index in [1.165, 1.54) is 17.4 Å². The van der Waals surface area contributed by atoms with Gasteiger partial charge in [-0.1, -0.05) is 25.1 Å². The molecule has 0 fully saturated rings. The fourth-order valence-electron chi connectivity index (χ4n) is 4.18. The lowest BCUT2D eigenvalue weighted by molar-refractivity contribution is 0.0468. The van der Waals surface area contributed by atoms with Gasteiger partial charge in [0.2, 0.25) is 0 Å². The highest BCUT2D eigenvalue weighted by Gasteiger charge is 2.26. The Bertz CT molecular complexity index is 1360. The molecule has 0 radical (unpaired) electrons. The number of pyridine rings is 1. The monoisotopic (exact) mass is 419 g/mol. The van der Waals surface area contributed by atoms with E-state index in [0.717, 1.165) is 47.1 Å². The summed E-state index contributed by atoms with van der Waals surface area (Å²) in [6.07, 6.45) is 2.76. The predicted molar refractivity (Wildman–Crippen MR) is 116 cm³/mol. The van der Waals surface area contributed by atoms with Crippen molar-refractivity contribution in [3.8, 4) is 0 Å². The van der Waals surface area contributed by atoms with Crippen LogP contribution in [-0.4, -0.2) is 20.3 Å². The number of esters is 1. The highest BCUT2D eigenvalue weighted by atomic mass is 32.1. The minimum atomic E-state index is -0.386. The van der Waals surface area contributed by atoms with Crippen LogP contribution in [0.2, 0.25) is 0 Å². The Balaban J connectivity index is 1.51. The lowest BCUT2D eigenvalue weighted by Crippen LogP contribution is -2.20. The predicted octanol–water partition coefficient (Wildman–Crippen LogP) is 4.09. The molecule has 1 aliphatic rings. The van der Waals surface area contributed by atoms with Crippen molar-refractivity contribution >= 4 is 33.2 Å². The molecule has 1 atom stereocenters. The molecule has 1 aliphatic carbocycles. The summed E-state index contributed by atoms with van der Waals surface area (Å²) in [5.74, 6) is 0.113. The van der Waals surface area contributed by atoms with Gasteiger partial charge in [-0.05, 0) is 43.7 Å². The first kappa shape index (κ1) is 18.9. The van der Waals surface area contributed by atoms with E-state index in [0.29, 0.717) is 22.1 Å². The molecule has 0 spiro atoms. The Morgan fingerprint density at radius 1 is 1.30 bits per heavy atom. The third kappa shape index (κ3) is 3.19. The van der Waals surface area contributed by atoms with E-state index in [1.54, 1.807) is 4.40 Å². The lowest BCUT2D eigenvalue weighted by atomic mass is 9.84. The van der Waals surface area contributed by atoms with Crippen molar-refractivity contribution in [3.05, 3.63) is 74.3 Å². The fraction of sp³-hybridized carbons (Fsp3) is 0.304. The van der Waals surface area contributed by atoms with Gasteiger partial charge in [0, 0.05) is 28.2 Å². The first-order valence-electron chi connectivity index (χ1n) is 10.1. The summed E-state index contributed by atoms with van der Waals surface area (Å²) < 4.78 is 7.22. The fourth-order valence-corrected chi connectivity index (χ4v) is 5.07. The van der Waals surface area contributed by atoms with Crippen molar-refractivity contribution in [2.75, 3.05) is 0 Å². The summed E-state index contributed by atoms with van der Waals surface area (Å²) in [7, 11) is 0. The van der Waals surface area contributed by atoms with E-state index < -0.39 is 0 Å². The highest BCUT2D eigenvalue weighted by molar-refractivity contribution is 7.15. The second-order valence-corrected chi connectivity index (χ2v) is 8.77. The Morgan fingerprint density at radius 2 is 2.13 bits per heavy atom. The summed E-state index contributed by atoms with van der Waals surface area (Å²) >= 11 is 1.40. The van der Waals surface area contributed by atoms with Crippen LogP contribution in [-0.2, 0) is 24.2 Å². The molecule has 3 aromatic heterocycles. The number of carbonyl (C=O) groups is 1. The molecule has 0 saturated heterocycles. The van der Waals surface area contributed by atoms with Crippen molar-refractivity contribution in [2.24, 2.45) is 5.92 Å². The van der Waals surface area contributed by atoms with E-state index >= 15 is 0 Å². The first-order valence-corrected chi connectivity index (χ1v) is 10.9. The number of aryl methyl sites for hydroxylation is 2. The third-order valence-corrected chi connectivity index (χ3v) is 6.63. The molecular weight excluding hydrogens is 398 g/mol. The van der Waals surface area contributed by atoms with Crippen LogP contribution in [0.25, 0.3) is 15.9 Å². The molecule has 0 bridgehead atoms. The van der Waals surface area contributed by atoms with Gasteiger partial charge in [0.15, 0.2) is 4.96 Å². The van der Waals surface area contributed by atoms with E-state index in [1.807, 2.05) is 36.6 Å². The van der Waals surface area contributed by atoms with Gasteiger partial charge in [0.05, 0.1) is 16.8 Å². The standard InChI is InChI=1S/C23H21N3O3S/c1-13-7-8-19-17(9-13)21(16-5-3-4-6-18(16)25-19)22(28)29-11-15-10-20(27)26-14(2)12-30-23(26)24-15/h3-6,10,12-13H,7-9,11H2,1-2H3. The van der Waals surface area contributed by atoms with Crippen molar-refractivity contribution in [3.63, 3.8) is 0 Å². The highest BCUT2D eigenvalue weighted by Crippen LogP contribution is 2.32. The number of rotatable bonds is 3. The topological polar surface area (TPSA) is 73.6 Å².